The second kappa shape index (κ2) is 2.64. The third-order valence-corrected chi connectivity index (χ3v) is 2.80. The van der Waals surface area contributed by atoms with Gasteiger partial charge in [-0.2, -0.15) is 0 Å². The molecule has 1 atom stereocenters. The van der Waals surface area contributed by atoms with Gasteiger partial charge in [0.15, 0.2) is 5.78 Å². The van der Waals surface area contributed by atoms with Gasteiger partial charge in [0.1, 0.15) is 0 Å². The molecule has 0 N–H and O–H groups in total. The molecule has 0 fully saturated rings. The third kappa shape index (κ3) is 0.909. The van der Waals surface area contributed by atoms with Crippen LogP contribution in [0.5, 0.6) is 0 Å². The molecule has 14 heavy (non-hydrogen) atoms. The van der Waals surface area contributed by atoms with Gasteiger partial charge in [-0.15, -0.1) is 0 Å². The number of carbonyl (C=O) groups excluding carboxylic acids is 1. The van der Waals surface area contributed by atoms with Crippen molar-refractivity contribution in [1.29, 1.82) is 0 Å². The van der Waals surface area contributed by atoms with E-state index in [-0.39, 0.29) is 11.7 Å². The maximum absolute atomic E-state index is 11.6. The second-order valence-electron chi connectivity index (χ2n) is 3.61. The standard InChI is InChI=1S/C12H9NO/c14-11-5-4-10-12-8(6-7-13-10)2-1-3-9(11)12/h1,3-7,9H,2H2. The SMILES string of the molecule is O=C1C=Cc2nccc3c2C1C=CC3. The molecule has 0 aliphatic heterocycles. The number of pyridine rings is 1. The van der Waals surface area contributed by atoms with Gasteiger partial charge in [0.25, 0.3) is 0 Å². The zero-order chi connectivity index (χ0) is 9.54. The molecule has 0 bridgehead atoms. The van der Waals surface area contributed by atoms with Crippen LogP contribution in [0.1, 0.15) is 22.7 Å². The molecule has 0 radical (unpaired) electrons. The first-order chi connectivity index (χ1) is 6.86. The molecule has 1 heterocycles. The number of carbonyl (C=O) groups is 1. The van der Waals surface area contributed by atoms with Crippen LogP contribution in [0.4, 0.5) is 0 Å². The Balaban J connectivity index is 2.32. The van der Waals surface area contributed by atoms with E-state index < -0.39 is 0 Å². The van der Waals surface area contributed by atoms with Gasteiger partial charge in [-0.25, -0.2) is 0 Å². The minimum absolute atomic E-state index is 0.0764. The molecule has 1 aromatic heterocycles. The highest BCUT2D eigenvalue weighted by molar-refractivity contribution is 6.03. The van der Waals surface area contributed by atoms with E-state index in [4.69, 9.17) is 0 Å². The summed E-state index contributed by atoms with van der Waals surface area (Å²) in [6.07, 6.45) is 10.2. The van der Waals surface area contributed by atoms with Crippen LogP contribution in [-0.2, 0) is 11.2 Å². The predicted molar refractivity (Wildman–Crippen MR) is 53.9 cm³/mol. The van der Waals surface area contributed by atoms with Crippen molar-refractivity contribution in [3.63, 3.8) is 0 Å². The van der Waals surface area contributed by atoms with Crippen molar-refractivity contribution in [1.82, 2.24) is 4.98 Å². The van der Waals surface area contributed by atoms with Crippen LogP contribution in [0, 0.1) is 0 Å². The highest BCUT2D eigenvalue weighted by atomic mass is 16.1. The van der Waals surface area contributed by atoms with Gasteiger partial charge >= 0.3 is 0 Å². The molecule has 0 spiro atoms. The number of rotatable bonds is 0. The van der Waals surface area contributed by atoms with Gasteiger partial charge in [-0.3, -0.25) is 9.78 Å². The quantitative estimate of drug-likeness (QED) is 0.575. The highest BCUT2D eigenvalue weighted by Gasteiger charge is 2.26. The molecule has 0 saturated carbocycles. The molecule has 2 nitrogen and oxygen atoms in total. The summed E-state index contributed by atoms with van der Waals surface area (Å²) in [4.78, 5) is 15.9. The van der Waals surface area contributed by atoms with E-state index in [1.165, 1.54) is 5.56 Å². The second-order valence-corrected chi connectivity index (χ2v) is 3.61. The van der Waals surface area contributed by atoms with Crippen molar-refractivity contribution in [3.05, 3.63) is 47.3 Å². The van der Waals surface area contributed by atoms with Crippen molar-refractivity contribution in [2.75, 3.05) is 0 Å². The van der Waals surface area contributed by atoms with Gasteiger partial charge < -0.3 is 0 Å². The summed E-state index contributed by atoms with van der Waals surface area (Å²) in [7, 11) is 0. The first-order valence-corrected chi connectivity index (χ1v) is 4.72. The number of nitrogens with zero attached hydrogens (tertiary/aromatic N) is 1. The lowest BCUT2D eigenvalue weighted by Gasteiger charge is -2.23. The Kier molecular flexibility index (Phi) is 1.45. The summed E-state index contributed by atoms with van der Waals surface area (Å²) in [5.74, 6) is 0.0927. The smallest absolute Gasteiger partial charge is 0.167 e. The summed E-state index contributed by atoms with van der Waals surface area (Å²) < 4.78 is 0. The monoisotopic (exact) mass is 183 g/mol. The number of ketones is 1. The van der Waals surface area contributed by atoms with Crippen LogP contribution in [-0.4, -0.2) is 10.8 Å². The van der Waals surface area contributed by atoms with Crippen molar-refractivity contribution in [3.8, 4) is 0 Å². The highest BCUT2D eigenvalue weighted by Crippen LogP contribution is 2.33. The molecule has 3 rings (SSSR count). The lowest BCUT2D eigenvalue weighted by molar-refractivity contribution is -0.115. The van der Waals surface area contributed by atoms with E-state index >= 15 is 0 Å². The van der Waals surface area contributed by atoms with Crippen LogP contribution in [0.2, 0.25) is 0 Å². The number of allylic oxidation sites excluding steroid dienone is 3. The molecular formula is C12H9NO. The molecule has 0 saturated heterocycles. The van der Waals surface area contributed by atoms with E-state index in [9.17, 15) is 4.79 Å². The summed E-state index contributed by atoms with van der Waals surface area (Å²) >= 11 is 0. The van der Waals surface area contributed by atoms with Crippen LogP contribution < -0.4 is 0 Å². The molecule has 0 aromatic carbocycles. The maximum Gasteiger partial charge on any atom is 0.167 e. The first kappa shape index (κ1) is 7.68. The molecule has 2 aliphatic rings. The number of aromatic nitrogens is 1. The zero-order valence-corrected chi connectivity index (χ0v) is 7.60. The van der Waals surface area contributed by atoms with Crippen molar-refractivity contribution < 1.29 is 4.79 Å². The molecule has 0 amide bonds. The number of hydrogen-bond donors (Lipinski definition) is 0. The van der Waals surface area contributed by atoms with E-state index in [1.807, 2.05) is 24.4 Å². The first-order valence-electron chi connectivity index (χ1n) is 4.72. The largest absolute Gasteiger partial charge is 0.294 e. The Morgan fingerprint density at radius 3 is 3.21 bits per heavy atom. The summed E-state index contributed by atoms with van der Waals surface area (Å²) in [5.41, 5.74) is 3.30. The van der Waals surface area contributed by atoms with Gasteiger partial charge in [-0.1, -0.05) is 12.2 Å². The Labute approximate surface area is 82.0 Å². The summed E-state index contributed by atoms with van der Waals surface area (Å²) in [5, 5.41) is 0. The predicted octanol–water partition coefficient (Wildman–Crippen LogP) is 1.87. The van der Waals surface area contributed by atoms with E-state index in [0.717, 1.165) is 17.7 Å². The lowest BCUT2D eigenvalue weighted by Crippen LogP contribution is -2.18. The molecule has 1 unspecified atom stereocenters. The Morgan fingerprint density at radius 2 is 2.29 bits per heavy atom. The Morgan fingerprint density at radius 1 is 1.36 bits per heavy atom. The zero-order valence-electron chi connectivity index (χ0n) is 7.60. The fourth-order valence-corrected chi connectivity index (χ4v) is 2.13. The Bertz CT molecular complexity index is 471. The molecule has 1 aromatic rings. The number of hydrogen-bond acceptors (Lipinski definition) is 2. The summed E-state index contributed by atoms with van der Waals surface area (Å²) in [6.45, 7) is 0. The normalized spacial score (nSPS) is 22.3. The fraction of sp³-hybridized carbons (Fsp3) is 0.167. The maximum atomic E-state index is 11.6. The van der Waals surface area contributed by atoms with E-state index in [0.29, 0.717) is 0 Å². The minimum atomic E-state index is -0.0764. The van der Waals surface area contributed by atoms with Crippen LogP contribution in [0.15, 0.2) is 30.5 Å². The Hall–Kier alpha value is -1.70. The van der Waals surface area contributed by atoms with Gasteiger partial charge in [0.2, 0.25) is 0 Å². The molecular weight excluding hydrogens is 174 g/mol. The average Bonchev–Trinajstić information content (AvgIpc) is 2.24. The van der Waals surface area contributed by atoms with Crippen LogP contribution in [0.25, 0.3) is 6.08 Å². The van der Waals surface area contributed by atoms with Gasteiger partial charge in [0.05, 0.1) is 11.6 Å². The van der Waals surface area contributed by atoms with Gasteiger partial charge in [0, 0.05) is 6.20 Å². The van der Waals surface area contributed by atoms with Crippen molar-refractivity contribution in [2.24, 2.45) is 0 Å². The molecule has 68 valence electrons. The third-order valence-electron chi connectivity index (χ3n) is 2.80. The molecule has 2 aliphatic carbocycles. The lowest BCUT2D eigenvalue weighted by atomic mass is 9.81. The van der Waals surface area contributed by atoms with Crippen molar-refractivity contribution in [2.45, 2.75) is 12.3 Å². The summed E-state index contributed by atoms with van der Waals surface area (Å²) in [6, 6.07) is 2.00. The fourth-order valence-electron chi connectivity index (χ4n) is 2.13. The molecule has 2 heteroatoms. The minimum Gasteiger partial charge on any atom is -0.294 e. The van der Waals surface area contributed by atoms with Gasteiger partial charge in [-0.05, 0) is 35.8 Å². The van der Waals surface area contributed by atoms with Crippen LogP contribution in [0.3, 0.4) is 0 Å². The van der Waals surface area contributed by atoms with E-state index in [2.05, 4.69) is 11.1 Å². The van der Waals surface area contributed by atoms with E-state index in [1.54, 1.807) is 6.08 Å². The topological polar surface area (TPSA) is 30.0 Å². The van der Waals surface area contributed by atoms with Crippen LogP contribution >= 0.6 is 0 Å². The van der Waals surface area contributed by atoms with Crippen molar-refractivity contribution >= 4 is 11.9 Å². The average molecular weight is 183 g/mol.